The van der Waals surface area contributed by atoms with Crippen LogP contribution >= 0.6 is 11.8 Å². The molecule has 0 aliphatic heterocycles. The van der Waals surface area contributed by atoms with Crippen molar-refractivity contribution in [1.29, 1.82) is 0 Å². The Balaban J connectivity index is 1.88. The van der Waals surface area contributed by atoms with Crippen LogP contribution < -0.4 is 10.0 Å². The molecule has 0 saturated carbocycles. The molecule has 0 saturated heterocycles. The first-order chi connectivity index (χ1) is 11.7. The van der Waals surface area contributed by atoms with E-state index >= 15 is 0 Å². The molecule has 1 amide bonds. The summed E-state index contributed by atoms with van der Waals surface area (Å²) in [5, 5.41) is 14.8. The minimum absolute atomic E-state index is 0.166. The molecule has 0 spiro atoms. The van der Waals surface area contributed by atoms with Gasteiger partial charge in [-0.15, -0.1) is 0 Å². The number of carbonyl (C=O) groups excluding carboxylic acids is 1. The molecular formula is C19H16N2O2S. The third kappa shape index (κ3) is 3.94. The van der Waals surface area contributed by atoms with Crippen LogP contribution in [0.25, 0.3) is 0 Å². The van der Waals surface area contributed by atoms with Gasteiger partial charge in [-0.1, -0.05) is 48.5 Å². The molecule has 1 aromatic heterocycles. The summed E-state index contributed by atoms with van der Waals surface area (Å²) >= 11 is 1.23. The molecule has 24 heavy (non-hydrogen) atoms. The maximum Gasteiger partial charge on any atom is 0.252 e. The largest absolute Gasteiger partial charge is 0.618 e. The van der Waals surface area contributed by atoms with E-state index in [-0.39, 0.29) is 5.91 Å². The van der Waals surface area contributed by atoms with E-state index in [2.05, 4.69) is 5.32 Å². The van der Waals surface area contributed by atoms with Crippen molar-refractivity contribution in [2.75, 3.05) is 5.32 Å². The number of hydrogen-bond donors (Lipinski definition) is 1. The molecule has 3 rings (SSSR count). The van der Waals surface area contributed by atoms with Crippen molar-refractivity contribution in [3.05, 3.63) is 95.8 Å². The third-order valence-electron chi connectivity index (χ3n) is 3.41. The molecule has 120 valence electrons. The van der Waals surface area contributed by atoms with Crippen molar-refractivity contribution in [3.8, 4) is 0 Å². The number of aromatic nitrogens is 1. The molecule has 1 atom stereocenters. The highest BCUT2D eigenvalue weighted by atomic mass is 32.2. The number of thioether (sulfide) groups is 1. The first kappa shape index (κ1) is 16.1. The van der Waals surface area contributed by atoms with Crippen LogP contribution in [0.2, 0.25) is 0 Å². The van der Waals surface area contributed by atoms with Crippen LogP contribution in [0.1, 0.15) is 10.8 Å². The van der Waals surface area contributed by atoms with Crippen LogP contribution in [0, 0.1) is 5.21 Å². The number of hydrogen-bond acceptors (Lipinski definition) is 3. The lowest BCUT2D eigenvalue weighted by Gasteiger charge is -2.16. The van der Waals surface area contributed by atoms with Crippen molar-refractivity contribution >= 4 is 23.4 Å². The molecule has 1 heterocycles. The number of pyridine rings is 1. The van der Waals surface area contributed by atoms with E-state index in [1.165, 1.54) is 18.0 Å². The average molecular weight is 336 g/mol. The molecule has 3 aromatic rings. The molecule has 0 fully saturated rings. The summed E-state index contributed by atoms with van der Waals surface area (Å²) in [4.78, 5) is 12.8. The third-order valence-corrected chi connectivity index (χ3v) is 4.69. The number of carbonyl (C=O) groups is 1. The normalized spacial score (nSPS) is 11.7. The van der Waals surface area contributed by atoms with Gasteiger partial charge in [-0.3, -0.25) is 4.79 Å². The number of rotatable bonds is 5. The summed E-state index contributed by atoms with van der Waals surface area (Å²) in [6.07, 6.45) is 1.43. The van der Waals surface area contributed by atoms with Gasteiger partial charge in [0.25, 0.3) is 5.03 Å². The maximum atomic E-state index is 12.8. The van der Waals surface area contributed by atoms with E-state index in [1.54, 1.807) is 18.2 Å². The Labute approximate surface area is 144 Å². The van der Waals surface area contributed by atoms with Gasteiger partial charge in [-0.05, 0) is 35.5 Å². The van der Waals surface area contributed by atoms with E-state index in [1.807, 2.05) is 60.7 Å². The molecule has 0 aliphatic rings. The minimum Gasteiger partial charge on any atom is -0.618 e. The van der Waals surface area contributed by atoms with E-state index in [0.717, 1.165) is 16.0 Å². The van der Waals surface area contributed by atoms with Crippen LogP contribution in [0.3, 0.4) is 0 Å². The van der Waals surface area contributed by atoms with Gasteiger partial charge in [0, 0.05) is 17.8 Å². The molecule has 5 heteroatoms. The number of anilines is 1. The lowest BCUT2D eigenvalue weighted by molar-refractivity contribution is -0.645. The second-order valence-corrected chi connectivity index (χ2v) is 6.25. The highest BCUT2D eigenvalue weighted by Crippen LogP contribution is 2.34. The van der Waals surface area contributed by atoms with Gasteiger partial charge >= 0.3 is 0 Å². The zero-order chi connectivity index (χ0) is 16.8. The van der Waals surface area contributed by atoms with Crippen molar-refractivity contribution in [3.63, 3.8) is 0 Å². The molecule has 0 bridgehead atoms. The summed E-state index contributed by atoms with van der Waals surface area (Å²) in [7, 11) is 0. The lowest BCUT2D eigenvalue weighted by atomic mass is 10.1. The van der Waals surface area contributed by atoms with Crippen LogP contribution in [0.15, 0.2) is 90.1 Å². The van der Waals surface area contributed by atoms with Crippen LogP contribution in [-0.4, -0.2) is 5.91 Å². The van der Waals surface area contributed by atoms with E-state index in [9.17, 15) is 10.0 Å². The summed E-state index contributed by atoms with van der Waals surface area (Å²) in [6.45, 7) is 0. The smallest absolute Gasteiger partial charge is 0.252 e. The Kier molecular flexibility index (Phi) is 5.13. The Morgan fingerprint density at radius 3 is 2.21 bits per heavy atom. The van der Waals surface area contributed by atoms with Crippen molar-refractivity contribution in [1.82, 2.24) is 0 Å². The van der Waals surface area contributed by atoms with Gasteiger partial charge in [0.05, 0.1) is 0 Å². The number of nitrogens with zero attached hydrogens (tertiary/aromatic N) is 1. The van der Waals surface area contributed by atoms with Gasteiger partial charge in [0.15, 0.2) is 6.20 Å². The van der Waals surface area contributed by atoms with Gasteiger partial charge in [-0.2, -0.15) is 4.73 Å². The highest BCUT2D eigenvalue weighted by molar-refractivity contribution is 8.00. The van der Waals surface area contributed by atoms with Gasteiger partial charge < -0.3 is 10.5 Å². The van der Waals surface area contributed by atoms with Crippen LogP contribution in [0.5, 0.6) is 0 Å². The van der Waals surface area contributed by atoms with Crippen molar-refractivity contribution in [2.45, 2.75) is 10.3 Å². The zero-order valence-corrected chi connectivity index (χ0v) is 13.6. The van der Waals surface area contributed by atoms with Crippen molar-refractivity contribution < 1.29 is 9.52 Å². The fourth-order valence-corrected chi connectivity index (χ4v) is 3.28. The molecule has 1 unspecified atom stereocenters. The van der Waals surface area contributed by atoms with Gasteiger partial charge in [0.2, 0.25) is 5.91 Å². The lowest BCUT2D eigenvalue weighted by Crippen LogP contribution is -2.29. The SMILES string of the molecule is O=C(Nc1ccccc1)C(Sc1cccc[n+]1[O-])c1ccccc1. The van der Waals surface area contributed by atoms with Gasteiger partial charge in [0.1, 0.15) is 5.25 Å². The molecule has 1 N–H and O–H groups in total. The van der Waals surface area contributed by atoms with E-state index in [4.69, 9.17) is 0 Å². The van der Waals surface area contributed by atoms with Crippen molar-refractivity contribution in [2.24, 2.45) is 0 Å². The zero-order valence-electron chi connectivity index (χ0n) is 12.8. The molecule has 2 aromatic carbocycles. The summed E-state index contributed by atoms with van der Waals surface area (Å²) in [5.41, 5.74) is 1.58. The molecular weight excluding hydrogens is 320 g/mol. The van der Waals surface area contributed by atoms with Gasteiger partial charge in [-0.25, -0.2) is 0 Å². The maximum absolute atomic E-state index is 12.8. The topological polar surface area (TPSA) is 56.0 Å². The predicted octanol–water partition coefficient (Wildman–Crippen LogP) is 3.79. The number of benzene rings is 2. The first-order valence-electron chi connectivity index (χ1n) is 7.50. The number of para-hydroxylation sites is 1. The van der Waals surface area contributed by atoms with Crippen LogP contribution in [0.4, 0.5) is 5.69 Å². The Morgan fingerprint density at radius 1 is 0.917 bits per heavy atom. The Bertz CT molecular complexity index is 810. The molecule has 4 nitrogen and oxygen atoms in total. The van der Waals surface area contributed by atoms with E-state index < -0.39 is 5.25 Å². The summed E-state index contributed by atoms with van der Waals surface area (Å²) in [6, 6.07) is 23.9. The molecule has 0 radical (unpaired) electrons. The fraction of sp³-hybridized carbons (Fsp3) is 0.0526. The fourth-order valence-electron chi connectivity index (χ4n) is 2.25. The molecule has 0 aliphatic carbocycles. The minimum atomic E-state index is -0.519. The average Bonchev–Trinajstić information content (AvgIpc) is 2.62. The highest BCUT2D eigenvalue weighted by Gasteiger charge is 2.25. The first-order valence-corrected chi connectivity index (χ1v) is 8.38. The van der Waals surface area contributed by atoms with E-state index in [0.29, 0.717) is 5.03 Å². The summed E-state index contributed by atoms with van der Waals surface area (Å²) in [5.74, 6) is -0.166. The quantitative estimate of drug-likeness (QED) is 0.438. The second kappa shape index (κ2) is 7.66. The standard InChI is InChI=1S/C19H16N2O2S/c22-19(20-16-11-5-2-6-12-16)18(15-9-3-1-4-10-15)24-17-13-7-8-14-21(17)23/h1-14,18H,(H,20,22). The second-order valence-electron chi connectivity index (χ2n) is 5.13. The summed E-state index contributed by atoms with van der Waals surface area (Å²) < 4.78 is 0.774. The predicted molar refractivity (Wildman–Crippen MR) is 95.5 cm³/mol. The monoisotopic (exact) mass is 336 g/mol. The number of amides is 1. The Hall–Kier alpha value is -2.79. The number of nitrogens with one attached hydrogen (secondary N) is 1. The van der Waals surface area contributed by atoms with Crippen LogP contribution in [-0.2, 0) is 4.79 Å². The Morgan fingerprint density at radius 2 is 1.54 bits per heavy atom.